The van der Waals surface area contributed by atoms with Crippen LogP contribution in [0.5, 0.6) is 0 Å². The van der Waals surface area contributed by atoms with E-state index in [0.29, 0.717) is 10.5 Å². The molecule has 9 heteroatoms. The molecule has 0 bridgehead atoms. The lowest BCUT2D eigenvalue weighted by Gasteiger charge is -2.10. The van der Waals surface area contributed by atoms with Crippen LogP contribution in [0.4, 0.5) is 10.1 Å². The summed E-state index contributed by atoms with van der Waals surface area (Å²) in [4.78, 5) is 4.47. The second kappa shape index (κ2) is 4.97. The summed E-state index contributed by atoms with van der Waals surface area (Å²) < 4.78 is 41.8. The number of halogens is 2. The number of fused-ring (bicyclic) bond motifs is 1. The molecule has 0 aliphatic heterocycles. The smallest absolute Gasteiger partial charge is 0.278 e. The number of thiazole rings is 1. The van der Waals surface area contributed by atoms with Crippen molar-refractivity contribution in [3.8, 4) is 0 Å². The summed E-state index contributed by atoms with van der Waals surface area (Å²) in [5.74, 6) is -0.432. The zero-order valence-electron chi connectivity index (χ0n) is 10.7. The number of nitrogens with one attached hydrogen (secondary N) is 1. The molecule has 0 saturated carbocycles. The van der Waals surface area contributed by atoms with Gasteiger partial charge in [0.1, 0.15) is 5.82 Å². The van der Waals surface area contributed by atoms with Gasteiger partial charge in [0.05, 0.1) is 5.69 Å². The molecule has 0 spiro atoms. The minimum Gasteiger partial charge on any atom is -0.278 e. The third-order valence-corrected chi connectivity index (χ3v) is 5.39. The van der Waals surface area contributed by atoms with Gasteiger partial charge in [-0.05, 0) is 30.7 Å². The molecule has 2 aromatic heterocycles. The lowest BCUT2D eigenvalue weighted by Crippen LogP contribution is -2.16. The number of imidazole rings is 1. The Balaban J connectivity index is 2.08. The van der Waals surface area contributed by atoms with E-state index in [1.54, 1.807) is 18.5 Å². The maximum Gasteiger partial charge on any atom is 0.281 e. The maximum atomic E-state index is 13.1. The van der Waals surface area contributed by atoms with Crippen LogP contribution < -0.4 is 4.72 Å². The Bertz CT molecular complexity index is 933. The normalized spacial score (nSPS) is 12.0. The maximum absolute atomic E-state index is 13.1. The van der Waals surface area contributed by atoms with Crippen molar-refractivity contribution < 1.29 is 12.8 Å². The van der Waals surface area contributed by atoms with E-state index in [0.717, 1.165) is 0 Å². The van der Waals surface area contributed by atoms with E-state index in [1.807, 2.05) is 0 Å². The molecule has 5 nitrogen and oxygen atoms in total. The van der Waals surface area contributed by atoms with E-state index in [4.69, 9.17) is 11.6 Å². The van der Waals surface area contributed by atoms with Crippen LogP contribution in [0.15, 0.2) is 34.8 Å². The van der Waals surface area contributed by atoms with Crippen LogP contribution in [0.1, 0.15) is 5.56 Å². The molecule has 0 saturated heterocycles. The van der Waals surface area contributed by atoms with Gasteiger partial charge in [-0.3, -0.25) is 9.12 Å². The highest BCUT2D eigenvalue weighted by atomic mass is 35.5. The quantitative estimate of drug-likeness (QED) is 0.792. The summed E-state index contributed by atoms with van der Waals surface area (Å²) >= 11 is 7.20. The molecule has 3 aromatic rings. The molecular weight excluding hydrogens is 337 g/mol. The standard InChI is InChI=1S/C12H9ClFN3O2S2/c1-7-6-8(14)2-3-9(7)16-21(18,19)11-10(13)15-12-17(11)4-5-20-12/h2-6,16H,1H3. The van der Waals surface area contributed by atoms with Crippen molar-refractivity contribution in [1.82, 2.24) is 9.38 Å². The monoisotopic (exact) mass is 345 g/mol. The molecule has 0 atom stereocenters. The summed E-state index contributed by atoms with van der Waals surface area (Å²) in [6.07, 6.45) is 1.57. The topological polar surface area (TPSA) is 63.5 Å². The van der Waals surface area contributed by atoms with E-state index in [-0.39, 0.29) is 15.9 Å². The molecule has 0 fully saturated rings. The lowest BCUT2D eigenvalue weighted by atomic mass is 10.2. The van der Waals surface area contributed by atoms with E-state index in [1.165, 1.54) is 33.9 Å². The highest BCUT2D eigenvalue weighted by molar-refractivity contribution is 7.92. The van der Waals surface area contributed by atoms with Gasteiger partial charge in [0, 0.05) is 11.6 Å². The van der Waals surface area contributed by atoms with E-state index >= 15 is 0 Å². The first-order valence-corrected chi connectivity index (χ1v) is 8.52. The number of hydrogen-bond donors (Lipinski definition) is 1. The van der Waals surface area contributed by atoms with Crippen molar-refractivity contribution in [2.45, 2.75) is 11.9 Å². The van der Waals surface area contributed by atoms with Gasteiger partial charge in [0.25, 0.3) is 10.0 Å². The van der Waals surface area contributed by atoms with Crippen molar-refractivity contribution in [1.29, 1.82) is 0 Å². The zero-order chi connectivity index (χ0) is 15.2. The summed E-state index contributed by atoms with van der Waals surface area (Å²) in [6, 6.07) is 3.79. The number of aromatic nitrogens is 2. The Kier molecular flexibility index (Phi) is 3.39. The first-order valence-electron chi connectivity index (χ1n) is 5.78. The first kappa shape index (κ1) is 14.3. The number of aryl methyl sites for hydroxylation is 1. The van der Waals surface area contributed by atoms with Crippen molar-refractivity contribution >= 4 is 43.6 Å². The molecule has 1 aromatic carbocycles. The third-order valence-electron chi connectivity index (χ3n) is 2.87. The predicted octanol–water partition coefficient (Wildman–Crippen LogP) is 3.30. The average Bonchev–Trinajstić information content (AvgIpc) is 2.91. The molecule has 110 valence electrons. The molecule has 2 heterocycles. The van der Waals surface area contributed by atoms with E-state index in [9.17, 15) is 12.8 Å². The van der Waals surface area contributed by atoms with Gasteiger partial charge in [0.2, 0.25) is 0 Å². The second-order valence-electron chi connectivity index (χ2n) is 4.33. The second-order valence-corrected chi connectivity index (χ2v) is 7.16. The Morgan fingerprint density at radius 2 is 2.19 bits per heavy atom. The molecule has 0 aliphatic rings. The molecule has 0 aliphatic carbocycles. The van der Waals surface area contributed by atoms with Crippen LogP contribution in [0.25, 0.3) is 4.96 Å². The Hall–Kier alpha value is -1.64. The fraction of sp³-hybridized carbons (Fsp3) is 0.0833. The molecule has 0 amide bonds. The number of hydrogen-bond acceptors (Lipinski definition) is 4. The van der Waals surface area contributed by atoms with Crippen LogP contribution in [0.2, 0.25) is 5.15 Å². The minimum atomic E-state index is -3.93. The Morgan fingerprint density at radius 3 is 2.90 bits per heavy atom. The summed E-state index contributed by atoms with van der Waals surface area (Å²) in [6.45, 7) is 1.61. The molecule has 21 heavy (non-hydrogen) atoms. The van der Waals surface area contributed by atoms with Crippen LogP contribution in [0.3, 0.4) is 0 Å². The SMILES string of the molecule is Cc1cc(F)ccc1NS(=O)(=O)c1c(Cl)nc2sccn12. The first-order chi connectivity index (χ1) is 9.88. The molecule has 1 N–H and O–H groups in total. The summed E-state index contributed by atoms with van der Waals surface area (Å²) in [7, 11) is -3.93. The van der Waals surface area contributed by atoms with Crippen molar-refractivity contribution in [3.05, 3.63) is 46.3 Å². The zero-order valence-corrected chi connectivity index (χ0v) is 13.1. The van der Waals surface area contributed by atoms with Gasteiger partial charge in [0.15, 0.2) is 15.1 Å². The van der Waals surface area contributed by atoms with E-state index in [2.05, 4.69) is 9.71 Å². The van der Waals surface area contributed by atoms with Crippen LogP contribution >= 0.6 is 22.9 Å². The molecule has 3 rings (SSSR count). The van der Waals surface area contributed by atoms with E-state index < -0.39 is 15.8 Å². The van der Waals surface area contributed by atoms with Gasteiger partial charge in [-0.25, -0.2) is 9.37 Å². The number of nitrogens with zero attached hydrogens (tertiary/aromatic N) is 2. The predicted molar refractivity (Wildman–Crippen MR) is 80.0 cm³/mol. The molecule has 0 unspecified atom stereocenters. The highest BCUT2D eigenvalue weighted by Gasteiger charge is 2.25. The Labute approximate surface area is 129 Å². The average molecular weight is 346 g/mol. The number of benzene rings is 1. The lowest BCUT2D eigenvalue weighted by molar-refractivity contribution is 0.596. The van der Waals surface area contributed by atoms with Crippen molar-refractivity contribution in [3.63, 3.8) is 0 Å². The number of sulfonamides is 1. The van der Waals surface area contributed by atoms with Crippen LogP contribution in [-0.2, 0) is 10.0 Å². The van der Waals surface area contributed by atoms with Gasteiger partial charge in [-0.15, -0.1) is 11.3 Å². The molecule has 0 radical (unpaired) electrons. The van der Waals surface area contributed by atoms with Crippen molar-refractivity contribution in [2.75, 3.05) is 4.72 Å². The molecular formula is C12H9ClFN3O2S2. The van der Waals surface area contributed by atoms with Gasteiger partial charge in [-0.2, -0.15) is 8.42 Å². The fourth-order valence-electron chi connectivity index (χ4n) is 1.91. The largest absolute Gasteiger partial charge is 0.281 e. The number of rotatable bonds is 3. The Morgan fingerprint density at radius 1 is 1.43 bits per heavy atom. The van der Waals surface area contributed by atoms with Gasteiger partial charge < -0.3 is 0 Å². The fourth-order valence-corrected chi connectivity index (χ4v) is 4.50. The highest BCUT2D eigenvalue weighted by Crippen LogP contribution is 2.28. The summed E-state index contributed by atoms with van der Waals surface area (Å²) in [5.41, 5.74) is 0.762. The van der Waals surface area contributed by atoms with Gasteiger partial charge in [-0.1, -0.05) is 11.6 Å². The third kappa shape index (κ3) is 2.50. The van der Waals surface area contributed by atoms with Gasteiger partial charge >= 0.3 is 0 Å². The summed E-state index contributed by atoms with van der Waals surface area (Å²) in [5, 5.41) is 1.47. The van der Waals surface area contributed by atoms with Crippen LogP contribution in [-0.4, -0.2) is 17.8 Å². The van der Waals surface area contributed by atoms with Crippen LogP contribution in [0, 0.1) is 12.7 Å². The minimum absolute atomic E-state index is 0.103. The number of anilines is 1. The van der Waals surface area contributed by atoms with Crippen molar-refractivity contribution in [2.24, 2.45) is 0 Å².